The van der Waals surface area contributed by atoms with Gasteiger partial charge >= 0.3 is 0 Å². The summed E-state index contributed by atoms with van der Waals surface area (Å²) in [4.78, 5) is 15.5. The Morgan fingerprint density at radius 1 is 1.03 bits per heavy atom. The van der Waals surface area contributed by atoms with Crippen molar-refractivity contribution in [1.29, 1.82) is 0 Å². The lowest BCUT2D eigenvalue weighted by molar-refractivity contribution is -0.105. The van der Waals surface area contributed by atoms with E-state index in [-0.39, 0.29) is 10.6 Å². The summed E-state index contributed by atoms with van der Waals surface area (Å²) in [6.07, 6.45) is 6.37. The molecular weight excluding hydrogens is 422 g/mol. The van der Waals surface area contributed by atoms with E-state index in [0.29, 0.717) is 43.5 Å². The zero-order chi connectivity index (χ0) is 21.5. The Labute approximate surface area is 180 Å². The number of morpholine rings is 1. The molecule has 1 amide bonds. The maximum atomic E-state index is 12.7. The number of anilines is 1. The monoisotopic (exact) mass is 447 g/mol. The highest BCUT2D eigenvalue weighted by Gasteiger charge is 2.42. The van der Waals surface area contributed by atoms with Gasteiger partial charge in [-0.1, -0.05) is 6.42 Å². The highest BCUT2D eigenvalue weighted by atomic mass is 32.2. The Morgan fingerprint density at radius 3 is 2.55 bits per heavy atom. The van der Waals surface area contributed by atoms with Gasteiger partial charge in [0.25, 0.3) is 11.7 Å². The van der Waals surface area contributed by atoms with Gasteiger partial charge in [0.05, 0.1) is 13.2 Å². The first-order chi connectivity index (χ1) is 15.0. The van der Waals surface area contributed by atoms with Crippen LogP contribution < -0.4 is 14.8 Å². The predicted octanol–water partition coefficient (Wildman–Crippen LogP) is 2.72. The van der Waals surface area contributed by atoms with E-state index in [4.69, 9.17) is 14.2 Å². The molecule has 1 aromatic heterocycles. The van der Waals surface area contributed by atoms with Gasteiger partial charge < -0.3 is 24.5 Å². The number of nitrogens with zero attached hydrogens (tertiary/aromatic N) is 1. The first-order valence-corrected chi connectivity index (χ1v) is 12.0. The third kappa shape index (κ3) is 3.90. The van der Waals surface area contributed by atoms with E-state index in [1.165, 1.54) is 23.0 Å². The maximum absolute atomic E-state index is 12.7. The van der Waals surface area contributed by atoms with Crippen LogP contribution in [0, 0.1) is 0 Å². The minimum atomic E-state index is -3.67. The van der Waals surface area contributed by atoms with Gasteiger partial charge in [0.2, 0.25) is 10.0 Å². The van der Waals surface area contributed by atoms with Crippen molar-refractivity contribution in [1.82, 2.24) is 9.29 Å². The third-order valence-corrected chi connectivity index (χ3v) is 7.79. The fraction of sp³-hybridized carbons (Fsp3) is 0.476. The number of amides is 1. The van der Waals surface area contributed by atoms with Gasteiger partial charge in [0.1, 0.15) is 10.6 Å². The molecule has 0 atom stereocenters. The van der Waals surface area contributed by atoms with Gasteiger partial charge in [-0.05, 0) is 31.0 Å². The summed E-state index contributed by atoms with van der Waals surface area (Å²) in [5.74, 6) is 0.279. The van der Waals surface area contributed by atoms with E-state index in [2.05, 4.69) is 10.3 Å². The summed E-state index contributed by atoms with van der Waals surface area (Å²) in [6, 6.07) is 6.63. The number of hydrogen-bond donors (Lipinski definition) is 2. The summed E-state index contributed by atoms with van der Waals surface area (Å²) in [5.41, 5.74) is 0.709. The van der Waals surface area contributed by atoms with Gasteiger partial charge in [-0.25, -0.2) is 8.42 Å². The molecule has 2 N–H and O–H groups in total. The lowest BCUT2D eigenvalue weighted by atomic mass is 9.94. The topological polar surface area (TPSA) is 110 Å². The van der Waals surface area contributed by atoms with E-state index in [9.17, 15) is 13.2 Å². The average molecular weight is 448 g/mol. The lowest BCUT2D eigenvalue weighted by Crippen LogP contribution is -2.40. The second-order valence-electron chi connectivity index (χ2n) is 8.06. The average Bonchev–Trinajstić information content (AvgIpc) is 3.40. The molecule has 1 saturated heterocycles. The summed E-state index contributed by atoms with van der Waals surface area (Å²) in [6.45, 7) is 1.33. The maximum Gasteiger partial charge on any atom is 0.272 e. The fourth-order valence-corrected chi connectivity index (χ4v) is 5.66. The Kier molecular flexibility index (Phi) is 5.15. The van der Waals surface area contributed by atoms with Gasteiger partial charge in [-0.3, -0.25) is 4.79 Å². The van der Waals surface area contributed by atoms with Crippen molar-refractivity contribution in [2.75, 3.05) is 31.6 Å². The Hall–Kier alpha value is -2.56. The van der Waals surface area contributed by atoms with Crippen LogP contribution in [0.15, 0.2) is 35.4 Å². The van der Waals surface area contributed by atoms with E-state index in [0.717, 1.165) is 25.7 Å². The highest BCUT2D eigenvalue weighted by Crippen LogP contribution is 2.46. The Balaban J connectivity index is 1.28. The van der Waals surface area contributed by atoms with Gasteiger partial charge in [0.15, 0.2) is 11.5 Å². The van der Waals surface area contributed by atoms with Crippen LogP contribution in [0.1, 0.15) is 42.6 Å². The molecule has 0 bridgehead atoms. The van der Waals surface area contributed by atoms with Crippen molar-refractivity contribution in [3.05, 3.63) is 36.2 Å². The number of aromatic nitrogens is 1. The summed E-state index contributed by atoms with van der Waals surface area (Å²) in [5, 5.41) is 2.79. The van der Waals surface area contributed by atoms with Crippen molar-refractivity contribution in [2.45, 2.75) is 42.8 Å². The SMILES string of the molecule is O=C(Nc1ccc2c(c1)OC1(CCCCC1)O2)c1cc(S(=O)(=O)N2CCOCC2)c[nH]1. The first kappa shape index (κ1) is 20.3. The summed E-state index contributed by atoms with van der Waals surface area (Å²) in [7, 11) is -3.67. The van der Waals surface area contributed by atoms with Crippen molar-refractivity contribution in [3.8, 4) is 11.5 Å². The molecule has 1 spiro atoms. The van der Waals surface area contributed by atoms with Crippen molar-refractivity contribution in [2.24, 2.45) is 0 Å². The molecule has 3 aliphatic rings. The number of carbonyl (C=O) groups is 1. The summed E-state index contributed by atoms with van der Waals surface area (Å²) >= 11 is 0. The number of carbonyl (C=O) groups excluding carboxylic acids is 1. The second kappa shape index (κ2) is 7.85. The van der Waals surface area contributed by atoms with Crippen molar-refractivity contribution in [3.63, 3.8) is 0 Å². The van der Waals surface area contributed by atoms with E-state index in [1.54, 1.807) is 18.2 Å². The molecule has 5 rings (SSSR count). The molecule has 2 aliphatic heterocycles. The van der Waals surface area contributed by atoms with Crippen LogP contribution in [0.2, 0.25) is 0 Å². The number of benzene rings is 1. The number of sulfonamides is 1. The number of nitrogens with one attached hydrogen (secondary N) is 2. The molecule has 1 saturated carbocycles. The van der Waals surface area contributed by atoms with Gasteiger partial charge in [-0.15, -0.1) is 0 Å². The van der Waals surface area contributed by atoms with Crippen LogP contribution in [0.4, 0.5) is 5.69 Å². The van der Waals surface area contributed by atoms with Crippen LogP contribution in [0.3, 0.4) is 0 Å². The van der Waals surface area contributed by atoms with E-state index < -0.39 is 21.7 Å². The lowest BCUT2D eigenvalue weighted by Gasteiger charge is -2.31. The molecule has 1 aromatic carbocycles. The minimum absolute atomic E-state index is 0.0597. The summed E-state index contributed by atoms with van der Waals surface area (Å²) < 4.78 is 44.2. The zero-order valence-electron chi connectivity index (χ0n) is 17.1. The highest BCUT2D eigenvalue weighted by molar-refractivity contribution is 7.89. The van der Waals surface area contributed by atoms with Crippen LogP contribution in [-0.4, -0.2) is 55.7 Å². The van der Waals surface area contributed by atoms with E-state index >= 15 is 0 Å². The molecule has 0 unspecified atom stereocenters. The molecule has 2 fully saturated rings. The van der Waals surface area contributed by atoms with Crippen LogP contribution >= 0.6 is 0 Å². The number of aromatic amines is 1. The zero-order valence-corrected chi connectivity index (χ0v) is 17.9. The fourth-order valence-electron chi connectivity index (χ4n) is 4.26. The Bertz CT molecular complexity index is 1080. The van der Waals surface area contributed by atoms with Crippen molar-refractivity contribution >= 4 is 21.6 Å². The predicted molar refractivity (Wildman–Crippen MR) is 112 cm³/mol. The minimum Gasteiger partial charge on any atom is -0.448 e. The number of ether oxygens (including phenoxy) is 3. The van der Waals surface area contributed by atoms with Crippen LogP contribution in [0.25, 0.3) is 0 Å². The largest absolute Gasteiger partial charge is 0.448 e. The molecule has 31 heavy (non-hydrogen) atoms. The van der Waals surface area contributed by atoms with Crippen LogP contribution in [0.5, 0.6) is 11.5 Å². The standard InChI is InChI=1S/C21H25N3O6S/c25-20(17-13-16(14-22-17)31(26,27)24-8-10-28-11-9-24)23-15-4-5-18-19(12-15)30-21(29-18)6-2-1-3-7-21/h4-5,12-14,22H,1-3,6-11H2,(H,23,25). The molecule has 1 aliphatic carbocycles. The number of rotatable bonds is 4. The molecule has 2 aromatic rings. The second-order valence-corrected chi connectivity index (χ2v) is 9.99. The van der Waals surface area contributed by atoms with Crippen molar-refractivity contribution < 1.29 is 27.4 Å². The number of H-pyrrole nitrogens is 1. The molecule has 166 valence electrons. The first-order valence-electron chi connectivity index (χ1n) is 10.6. The van der Waals surface area contributed by atoms with E-state index in [1.807, 2.05) is 0 Å². The number of hydrogen-bond acceptors (Lipinski definition) is 6. The third-order valence-electron chi connectivity index (χ3n) is 5.92. The Morgan fingerprint density at radius 2 is 1.77 bits per heavy atom. The molecule has 10 heteroatoms. The van der Waals surface area contributed by atoms with Gasteiger partial charge in [-0.2, -0.15) is 4.31 Å². The molecule has 3 heterocycles. The van der Waals surface area contributed by atoms with Crippen LogP contribution in [-0.2, 0) is 14.8 Å². The van der Waals surface area contributed by atoms with Gasteiger partial charge in [0, 0.05) is 43.9 Å². The molecule has 0 radical (unpaired) electrons. The quantitative estimate of drug-likeness (QED) is 0.746. The smallest absolute Gasteiger partial charge is 0.272 e. The normalized spacial score (nSPS) is 20.6. The molecule has 9 nitrogen and oxygen atoms in total. The number of fused-ring (bicyclic) bond motifs is 1. The molecular formula is C21H25N3O6S.